The van der Waals surface area contributed by atoms with Crippen LogP contribution < -0.4 is 15.4 Å². The third kappa shape index (κ3) is 3.21. The van der Waals surface area contributed by atoms with E-state index in [4.69, 9.17) is 0 Å². The highest BCUT2D eigenvalue weighted by Gasteiger charge is 2.28. The summed E-state index contributed by atoms with van der Waals surface area (Å²) in [4.78, 5) is 15.2. The van der Waals surface area contributed by atoms with Crippen LogP contribution in [0.3, 0.4) is 0 Å². The molecule has 104 valence electrons. The molecule has 1 atom stereocenters. The Balaban J connectivity index is 2.21. The minimum absolute atomic E-state index is 0.0937. The molecule has 0 bridgehead atoms. The van der Waals surface area contributed by atoms with Gasteiger partial charge in [0.1, 0.15) is 10.7 Å². The van der Waals surface area contributed by atoms with E-state index in [-0.39, 0.29) is 17.2 Å². The summed E-state index contributed by atoms with van der Waals surface area (Å²) in [6, 6.07) is 2.64. The lowest BCUT2D eigenvalue weighted by Gasteiger charge is -2.14. The normalized spacial score (nSPS) is 19.2. The maximum atomic E-state index is 12.3. The van der Waals surface area contributed by atoms with Crippen molar-refractivity contribution in [1.29, 1.82) is 0 Å². The molecule has 0 aliphatic carbocycles. The van der Waals surface area contributed by atoms with Crippen LogP contribution in [0.4, 0.5) is 5.82 Å². The summed E-state index contributed by atoms with van der Waals surface area (Å²) in [5.74, 6) is 0.167. The third-order valence-corrected chi connectivity index (χ3v) is 4.26. The highest BCUT2D eigenvalue weighted by Crippen LogP contribution is 2.18. The van der Waals surface area contributed by atoms with Gasteiger partial charge in [-0.15, -0.1) is 0 Å². The van der Waals surface area contributed by atoms with Gasteiger partial charge in [0.05, 0.1) is 0 Å². The van der Waals surface area contributed by atoms with E-state index in [0.717, 1.165) is 0 Å². The number of hydrogen-bond donors (Lipinski definition) is 3. The summed E-state index contributed by atoms with van der Waals surface area (Å²) < 4.78 is 27.0. The van der Waals surface area contributed by atoms with E-state index >= 15 is 0 Å². The van der Waals surface area contributed by atoms with Crippen molar-refractivity contribution < 1.29 is 13.2 Å². The molecule has 1 aliphatic heterocycles. The first-order chi connectivity index (χ1) is 9.03. The Morgan fingerprint density at radius 1 is 1.53 bits per heavy atom. The zero-order valence-electron chi connectivity index (χ0n) is 10.5. The topological polar surface area (TPSA) is 100 Å². The lowest BCUT2D eigenvalue weighted by Crippen LogP contribution is -2.36. The molecule has 1 fully saturated rings. The number of aromatic nitrogens is 1. The Morgan fingerprint density at radius 3 is 2.95 bits per heavy atom. The van der Waals surface area contributed by atoms with E-state index < -0.39 is 16.1 Å². The van der Waals surface area contributed by atoms with E-state index in [1.54, 1.807) is 6.07 Å². The Bertz CT molecular complexity index is 573. The van der Waals surface area contributed by atoms with Crippen LogP contribution >= 0.6 is 0 Å². The highest BCUT2D eigenvalue weighted by atomic mass is 32.2. The predicted octanol–water partition coefficient (Wildman–Crippen LogP) is -0.320. The predicted molar refractivity (Wildman–Crippen MR) is 70.1 cm³/mol. The smallest absolute Gasteiger partial charge is 0.244 e. The van der Waals surface area contributed by atoms with Gasteiger partial charge in [0.2, 0.25) is 15.9 Å². The average Bonchev–Trinajstić information content (AvgIpc) is 2.75. The number of nitrogens with one attached hydrogen (secondary N) is 3. The molecule has 7 nitrogen and oxygen atoms in total. The molecule has 1 aromatic heterocycles. The molecule has 0 aromatic carbocycles. The van der Waals surface area contributed by atoms with E-state index in [1.165, 1.54) is 12.3 Å². The van der Waals surface area contributed by atoms with Crippen LogP contribution in [0.15, 0.2) is 23.2 Å². The largest absolute Gasteiger partial charge is 0.369 e. The first kappa shape index (κ1) is 13.8. The molecule has 8 heteroatoms. The fourth-order valence-electron chi connectivity index (χ4n) is 1.88. The minimum atomic E-state index is -3.69. The zero-order valence-corrected chi connectivity index (χ0v) is 11.3. The van der Waals surface area contributed by atoms with Gasteiger partial charge >= 0.3 is 0 Å². The summed E-state index contributed by atoms with van der Waals surface area (Å²) >= 11 is 0. The molecule has 1 amide bonds. The van der Waals surface area contributed by atoms with Gasteiger partial charge in [-0.2, -0.15) is 0 Å². The Hall–Kier alpha value is -1.67. The number of pyridine rings is 1. The number of hydrogen-bond acceptors (Lipinski definition) is 5. The molecule has 1 unspecified atom stereocenters. The molecule has 0 saturated carbocycles. The number of sulfonamides is 1. The van der Waals surface area contributed by atoms with Crippen LogP contribution in [0.25, 0.3) is 0 Å². The lowest BCUT2D eigenvalue weighted by molar-refractivity contribution is -0.119. The molecule has 2 rings (SSSR count). The SMILES string of the molecule is CCNc1ncccc1S(=O)(=O)NC1CNC(=O)C1. The second-order valence-electron chi connectivity index (χ2n) is 4.21. The van der Waals surface area contributed by atoms with Crippen molar-refractivity contribution in [3.05, 3.63) is 18.3 Å². The fraction of sp³-hybridized carbons (Fsp3) is 0.455. The molecule has 1 aromatic rings. The molecule has 3 N–H and O–H groups in total. The average molecular weight is 284 g/mol. The first-order valence-electron chi connectivity index (χ1n) is 6.01. The molecule has 0 radical (unpaired) electrons. The Morgan fingerprint density at radius 2 is 2.32 bits per heavy atom. The van der Waals surface area contributed by atoms with Gasteiger partial charge in [0, 0.05) is 31.7 Å². The summed E-state index contributed by atoms with van der Waals surface area (Å²) in [6.45, 7) is 2.75. The highest BCUT2D eigenvalue weighted by molar-refractivity contribution is 7.89. The quantitative estimate of drug-likeness (QED) is 0.688. The van der Waals surface area contributed by atoms with Crippen LogP contribution in [0.2, 0.25) is 0 Å². The van der Waals surface area contributed by atoms with Crippen LogP contribution in [-0.2, 0) is 14.8 Å². The number of carbonyl (C=O) groups excluding carboxylic acids is 1. The van der Waals surface area contributed by atoms with Crippen LogP contribution in [0.1, 0.15) is 13.3 Å². The van der Waals surface area contributed by atoms with Crippen LogP contribution in [0, 0.1) is 0 Å². The van der Waals surface area contributed by atoms with Crippen LogP contribution in [-0.4, -0.2) is 38.4 Å². The number of amides is 1. The van der Waals surface area contributed by atoms with E-state index in [1.807, 2.05) is 6.92 Å². The van der Waals surface area contributed by atoms with Gasteiger partial charge in [-0.3, -0.25) is 4.79 Å². The lowest BCUT2D eigenvalue weighted by atomic mass is 10.3. The Kier molecular flexibility index (Phi) is 4.01. The second-order valence-corrected chi connectivity index (χ2v) is 5.89. The second kappa shape index (κ2) is 5.54. The minimum Gasteiger partial charge on any atom is -0.369 e. The van der Waals surface area contributed by atoms with Gasteiger partial charge in [-0.05, 0) is 19.1 Å². The van der Waals surface area contributed by atoms with Crippen molar-refractivity contribution in [1.82, 2.24) is 15.0 Å². The van der Waals surface area contributed by atoms with Gasteiger partial charge in [0.15, 0.2) is 0 Å². The van der Waals surface area contributed by atoms with E-state index in [9.17, 15) is 13.2 Å². The molecule has 1 saturated heterocycles. The van der Waals surface area contributed by atoms with Crippen molar-refractivity contribution in [2.24, 2.45) is 0 Å². The van der Waals surface area contributed by atoms with Crippen molar-refractivity contribution in [2.75, 3.05) is 18.4 Å². The van der Waals surface area contributed by atoms with E-state index in [0.29, 0.717) is 18.9 Å². The molecular formula is C11H16N4O3S. The Labute approximate surface area is 111 Å². The van der Waals surface area contributed by atoms with Crippen molar-refractivity contribution in [2.45, 2.75) is 24.3 Å². The summed E-state index contributed by atoms with van der Waals surface area (Å²) in [5, 5.41) is 5.49. The molecular weight excluding hydrogens is 268 g/mol. The van der Waals surface area contributed by atoms with Gasteiger partial charge < -0.3 is 10.6 Å². The van der Waals surface area contributed by atoms with Gasteiger partial charge in [-0.25, -0.2) is 18.1 Å². The summed E-state index contributed by atoms with van der Waals surface area (Å²) in [7, 11) is -3.69. The fourth-order valence-corrected chi connectivity index (χ4v) is 3.25. The number of nitrogens with zero attached hydrogens (tertiary/aromatic N) is 1. The molecule has 2 heterocycles. The molecule has 19 heavy (non-hydrogen) atoms. The standard InChI is InChI=1S/C11H16N4O3S/c1-2-12-11-9(4-3-5-13-11)19(17,18)15-8-6-10(16)14-7-8/h3-5,8,15H,2,6-7H2,1H3,(H,12,13)(H,14,16). The monoisotopic (exact) mass is 284 g/mol. The summed E-state index contributed by atoms with van der Waals surface area (Å²) in [6.07, 6.45) is 1.69. The third-order valence-electron chi connectivity index (χ3n) is 2.70. The van der Waals surface area contributed by atoms with Crippen molar-refractivity contribution in [3.63, 3.8) is 0 Å². The molecule has 0 spiro atoms. The number of anilines is 1. The maximum absolute atomic E-state index is 12.3. The summed E-state index contributed by atoms with van der Waals surface area (Å²) in [5.41, 5.74) is 0. The van der Waals surface area contributed by atoms with Gasteiger partial charge in [0.25, 0.3) is 0 Å². The molecule has 1 aliphatic rings. The van der Waals surface area contributed by atoms with Gasteiger partial charge in [-0.1, -0.05) is 0 Å². The maximum Gasteiger partial charge on any atom is 0.244 e. The first-order valence-corrected chi connectivity index (χ1v) is 7.49. The number of rotatable bonds is 5. The van der Waals surface area contributed by atoms with Crippen LogP contribution in [0.5, 0.6) is 0 Å². The van der Waals surface area contributed by atoms with Crippen molar-refractivity contribution in [3.8, 4) is 0 Å². The zero-order chi connectivity index (χ0) is 13.9. The van der Waals surface area contributed by atoms with Crippen molar-refractivity contribution >= 4 is 21.7 Å². The number of carbonyl (C=O) groups is 1. The van der Waals surface area contributed by atoms with E-state index in [2.05, 4.69) is 20.3 Å².